The number of rotatable bonds is 7. The van der Waals surface area contributed by atoms with Gasteiger partial charge in [-0.15, -0.1) is 0 Å². The van der Waals surface area contributed by atoms with E-state index in [1.54, 1.807) is 6.20 Å². The van der Waals surface area contributed by atoms with Gasteiger partial charge >= 0.3 is 0 Å². The molecule has 1 aliphatic rings. The van der Waals surface area contributed by atoms with Gasteiger partial charge in [0.25, 0.3) is 5.91 Å². The number of methoxy groups -OCH3 is 1. The SMILES string of the molecule is COc1ccc(S(=O)(=O)NCc2nccc(N3CCCCC3)n2)cc1C(N)=O. The van der Waals surface area contributed by atoms with Crippen molar-refractivity contribution in [1.82, 2.24) is 14.7 Å². The lowest BCUT2D eigenvalue weighted by Crippen LogP contribution is -2.31. The average Bonchev–Trinajstić information content (AvgIpc) is 2.72. The van der Waals surface area contributed by atoms with Crippen molar-refractivity contribution in [1.29, 1.82) is 0 Å². The van der Waals surface area contributed by atoms with Crippen LogP contribution in [-0.4, -0.2) is 44.5 Å². The summed E-state index contributed by atoms with van der Waals surface area (Å²) in [5.74, 6) is 0.607. The molecule has 10 heteroatoms. The van der Waals surface area contributed by atoms with Crippen molar-refractivity contribution < 1.29 is 17.9 Å². The van der Waals surface area contributed by atoms with E-state index in [1.165, 1.54) is 31.7 Å². The van der Waals surface area contributed by atoms with Gasteiger partial charge in [0.15, 0.2) is 0 Å². The van der Waals surface area contributed by atoms with Gasteiger partial charge in [0, 0.05) is 19.3 Å². The van der Waals surface area contributed by atoms with Gasteiger partial charge in [-0.25, -0.2) is 23.1 Å². The highest BCUT2D eigenvalue weighted by Crippen LogP contribution is 2.22. The number of primary amides is 1. The first-order chi connectivity index (χ1) is 13.4. The molecule has 0 saturated carbocycles. The maximum atomic E-state index is 12.6. The van der Waals surface area contributed by atoms with Crippen LogP contribution < -0.4 is 20.1 Å². The number of hydrogen-bond acceptors (Lipinski definition) is 7. The molecule has 0 atom stereocenters. The Labute approximate surface area is 164 Å². The summed E-state index contributed by atoms with van der Waals surface area (Å²) < 4.78 is 32.7. The molecule has 28 heavy (non-hydrogen) atoms. The number of hydrogen-bond donors (Lipinski definition) is 2. The molecule has 3 rings (SSSR count). The molecule has 1 aromatic heterocycles. The smallest absolute Gasteiger partial charge is 0.252 e. The minimum Gasteiger partial charge on any atom is -0.496 e. The number of anilines is 1. The second-order valence-electron chi connectivity index (χ2n) is 6.43. The molecule has 0 spiro atoms. The van der Waals surface area contributed by atoms with Crippen molar-refractivity contribution in [2.75, 3.05) is 25.1 Å². The van der Waals surface area contributed by atoms with Gasteiger partial charge in [0.1, 0.15) is 17.4 Å². The molecule has 150 valence electrons. The number of sulfonamides is 1. The summed E-state index contributed by atoms with van der Waals surface area (Å²) in [6.45, 7) is 1.80. The van der Waals surface area contributed by atoms with Crippen LogP contribution in [-0.2, 0) is 16.6 Å². The topological polar surface area (TPSA) is 128 Å². The van der Waals surface area contributed by atoms with E-state index < -0.39 is 15.9 Å². The minimum absolute atomic E-state index is 0.00581. The van der Waals surface area contributed by atoms with Crippen molar-refractivity contribution in [3.05, 3.63) is 41.9 Å². The Bertz CT molecular complexity index is 958. The number of ether oxygens (including phenoxy) is 1. The number of carbonyl (C=O) groups excluding carboxylic acids is 1. The number of amides is 1. The summed E-state index contributed by atoms with van der Waals surface area (Å²) >= 11 is 0. The molecule has 1 fully saturated rings. The van der Waals surface area contributed by atoms with Crippen LogP contribution in [0.15, 0.2) is 35.4 Å². The molecule has 3 N–H and O–H groups in total. The molecule has 0 unspecified atom stereocenters. The molecular weight excluding hydrogens is 382 g/mol. The molecule has 0 bridgehead atoms. The summed E-state index contributed by atoms with van der Waals surface area (Å²) in [4.78, 5) is 22.2. The van der Waals surface area contributed by atoms with Crippen LogP contribution in [0, 0.1) is 0 Å². The van der Waals surface area contributed by atoms with Gasteiger partial charge in [0.05, 0.1) is 24.1 Å². The molecule has 1 saturated heterocycles. The molecule has 9 nitrogen and oxygen atoms in total. The molecule has 2 aromatic rings. The third kappa shape index (κ3) is 4.57. The van der Waals surface area contributed by atoms with Crippen LogP contribution in [0.2, 0.25) is 0 Å². The Kier molecular flexibility index (Phi) is 6.10. The lowest BCUT2D eigenvalue weighted by molar-refractivity contribution is 0.0997. The lowest BCUT2D eigenvalue weighted by atomic mass is 10.1. The fourth-order valence-electron chi connectivity index (χ4n) is 3.06. The van der Waals surface area contributed by atoms with E-state index in [0.717, 1.165) is 31.7 Å². The largest absolute Gasteiger partial charge is 0.496 e. The van der Waals surface area contributed by atoms with E-state index in [1.807, 2.05) is 6.07 Å². The standard InChI is InChI=1S/C18H23N5O4S/c1-27-15-6-5-13(11-14(15)18(19)24)28(25,26)21-12-16-20-8-7-17(22-16)23-9-3-2-4-10-23/h5-8,11,21H,2-4,9-10,12H2,1H3,(H2,19,24). The van der Waals surface area contributed by atoms with E-state index in [2.05, 4.69) is 19.6 Å². The van der Waals surface area contributed by atoms with E-state index in [0.29, 0.717) is 5.82 Å². The summed E-state index contributed by atoms with van der Waals surface area (Å²) in [5, 5.41) is 0. The number of aromatic nitrogens is 2. The Morgan fingerprint density at radius 3 is 2.68 bits per heavy atom. The highest BCUT2D eigenvalue weighted by molar-refractivity contribution is 7.89. The van der Waals surface area contributed by atoms with Crippen LogP contribution in [0.3, 0.4) is 0 Å². The summed E-state index contributed by atoms with van der Waals surface area (Å²) in [6, 6.07) is 5.75. The third-order valence-electron chi connectivity index (χ3n) is 4.54. The number of carbonyl (C=O) groups is 1. The van der Waals surface area contributed by atoms with Gasteiger partial charge in [-0.2, -0.15) is 0 Å². The first-order valence-electron chi connectivity index (χ1n) is 8.95. The van der Waals surface area contributed by atoms with E-state index in [4.69, 9.17) is 10.5 Å². The quantitative estimate of drug-likeness (QED) is 0.705. The van der Waals surface area contributed by atoms with Crippen molar-refractivity contribution in [2.24, 2.45) is 5.73 Å². The van der Waals surface area contributed by atoms with E-state index >= 15 is 0 Å². The Balaban J connectivity index is 1.75. The van der Waals surface area contributed by atoms with Gasteiger partial charge in [0.2, 0.25) is 10.0 Å². The maximum Gasteiger partial charge on any atom is 0.252 e. The minimum atomic E-state index is -3.88. The zero-order chi connectivity index (χ0) is 20.1. The average molecular weight is 405 g/mol. The number of nitrogens with zero attached hydrogens (tertiary/aromatic N) is 3. The fourth-order valence-corrected chi connectivity index (χ4v) is 4.07. The molecular formula is C18H23N5O4S. The van der Waals surface area contributed by atoms with Gasteiger partial charge < -0.3 is 15.4 Å². The second kappa shape index (κ2) is 8.53. The third-order valence-corrected chi connectivity index (χ3v) is 5.94. The zero-order valence-corrected chi connectivity index (χ0v) is 16.4. The predicted octanol–water partition coefficient (Wildman–Crippen LogP) is 1.05. The number of nitrogens with one attached hydrogen (secondary N) is 1. The normalized spacial score (nSPS) is 14.7. The van der Waals surface area contributed by atoms with Crippen LogP contribution in [0.4, 0.5) is 5.82 Å². The highest BCUT2D eigenvalue weighted by atomic mass is 32.2. The van der Waals surface area contributed by atoms with Crippen molar-refractivity contribution in [3.8, 4) is 5.75 Å². The monoisotopic (exact) mass is 405 g/mol. The van der Waals surface area contributed by atoms with Crippen molar-refractivity contribution >= 4 is 21.7 Å². The Morgan fingerprint density at radius 2 is 2.00 bits per heavy atom. The number of nitrogens with two attached hydrogens (primary N) is 1. The fraction of sp³-hybridized carbons (Fsp3) is 0.389. The zero-order valence-electron chi connectivity index (χ0n) is 15.6. The number of benzene rings is 1. The summed E-state index contributed by atoms with van der Waals surface area (Å²) in [6.07, 6.45) is 5.07. The second-order valence-corrected chi connectivity index (χ2v) is 8.20. The van der Waals surface area contributed by atoms with Gasteiger partial charge in [-0.3, -0.25) is 4.79 Å². The van der Waals surface area contributed by atoms with Crippen molar-refractivity contribution in [3.63, 3.8) is 0 Å². The Hall–Kier alpha value is -2.72. The van der Waals surface area contributed by atoms with Gasteiger partial charge in [-0.1, -0.05) is 0 Å². The lowest BCUT2D eigenvalue weighted by Gasteiger charge is -2.27. The molecule has 1 aromatic carbocycles. The molecule has 2 heterocycles. The molecule has 0 aliphatic carbocycles. The van der Waals surface area contributed by atoms with Crippen molar-refractivity contribution in [2.45, 2.75) is 30.7 Å². The van der Waals surface area contributed by atoms with Crippen LogP contribution >= 0.6 is 0 Å². The van der Waals surface area contributed by atoms with Crippen LogP contribution in [0.5, 0.6) is 5.75 Å². The van der Waals surface area contributed by atoms with Crippen LogP contribution in [0.1, 0.15) is 35.4 Å². The van der Waals surface area contributed by atoms with E-state index in [-0.39, 0.29) is 22.8 Å². The molecule has 0 radical (unpaired) electrons. The van der Waals surface area contributed by atoms with E-state index in [9.17, 15) is 13.2 Å². The first-order valence-corrected chi connectivity index (χ1v) is 10.4. The number of piperidine rings is 1. The predicted molar refractivity (Wildman–Crippen MR) is 104 cm³/mol. The maximum absolute atomic E-state index is 12.6. The molecule has 1 aliphatic heterocycles. The van der Waals surface area contributed by atoms with Crippen LogP contribution in [0.25, 0.3) is 0 Å². The summed E-state index contributed by atoms with van der Waals surface area (Å²) in [7, 11) is -2.51. The Morgan fingerprint density at radius 1 is 1.25 bits per heavy atom. The van der Waals surface area contributed by atoms with Gasteiger partial charge in [-0.05, 0) is 43.5 Å². The highest BCUT2D eigenvalue weighted by Gasteiger charge is 2.19. The molecule has 1 amide bonds. The summed E-state index contributed by atoms with van der Waals surface area (Å²) in [5.41, 5.74) is 5.29. The first kappa shape index (κ1) is 20.0.